The highest BCUT2D eigenvalue weighted by atomic mass is 19.1. The molecule has 0 radical (unpaired) electrons. The van der Waals surface area contributed by atoms with Crippen LogP contribution < -0.4 is 10.6 Å². The van der Waals surface area contributed by atoms with Gasteiger partial charge < -0.3 is 15.7 Å². The van der Waals surface area contributed by atoms with Crippen molar-refractivity contribution >= 4 is 11.8 Å². The van der Waals surface area contributed by atoms with Crippen LogP contribution in [0.2, 0.25) is 0 Å². The second-order valence-corrected chi connectivity index (χ2v) is 4.64. The van der Waals surface area contributed by atoms with Gasteiger partial charge in [0.05, 0.1) is 5.56 Å². The fourth-order valence-electron chi connectivity index (χ4n) is 1.58. The van der Waals surface area contributed by atoms with E-state index in [1.165, 1.54) is 19.1 Å². The second kappa shape index (κ2) is 5.26. The summed E-state index contributed by atoms with van der Waals surface area (Å²) >= 11 is 0. The molecule has 1 aromatic carbocycles. The van der Waals surface area contributed by atoms with Gasteiger partial charge in [-0.05, 0) is 31.9 Å². The third-order valence-corrected chi connectivity index (χ3v) is 2.86. The quantitative estimate of drug-likeness (QED) is 0.758. The van der Waals surface area contributed by atoms with Crippen LogP contribution in [-0.4, -0.2) is 29.0 Å². The molecule has 0 spiro atoms. The van der Waals surface area contributed by atoms with Gasteiger partial charge in [-0.2, -0.15) is 0 Å². The van der Waals surface area contributed by atoms with Crippen LogP contribution >= 0.6 is 0 Å². The smallest absolute Gasteiger partial charge is 0.254 e. The monoisotopic (exact) mass is 266 g/mol. The molecule has 3 N–H and O–H groups in total. The van der Waals surface area contributed by atoms with Gasteiger partial charge in [-0.1, -0.05) is 0 Å². The molecule has 6 heteroatoms. The van der Waals surface area contributed by atoms with Gasteiger partial charge in [-0.15, -0.1) is 0 Å². The van der Waals surface area contributed by atoms with E-state index in [-0.39, 0.29) is 23.3 Å². The highest BCUT2D eigenvalue weighted by Gasteiger charge is 2.26. The maximum absolute atomic E-state index is 13.5. The third kappa shape index (κ3) is 3.43. The molecule has 0 aromatic heterocycles. The van der Waals surface area contributed by atoms with Crippen LogP contribution in [0.25, 0.3) is 0 Å². The Morgan fingerprint density at radius 1 is 1.42 bits per heavy atom. The third-order valence-electron chi connectivity index (χ3n) is 2.86. The molecule has 0 aliphatic heterocycles. The minimum absolute atomic E-state index is 0.205. The van der Waals surface area contributed by atoms with Crippen LogP contribution in [0, 0.1) is 5.82 Å². The summed E-state index contributed by atoms with van der Waals surface area (Å²) in [5, 5.41) is 14.2. The first kappa shape index (κ1) is 13.3. The first-order valence-electron chi connectivity index (χ1n) is 6.07. The molecule has 5 nitrogen and oxygen atoms in total. The van der Waals surface area contributed by atoms with Gasteiger partial charge >= 0.3 is 0 Å². The van der Waals surface area contributed by atoms with Crippen molar-refractivity contribution in [1.82, 2.24) is 10.6 Å². The maximum Gasteiger partial charge on any atom is 0.254 e. The molecule has 1 aliphatic rings. The highest BCUT2D eigenvalue weighted by molar-refractivity contribution is 5.97. The second-order valence-electron chi connectivity index (χ2n) is 4.64. The molecule has 0 saturated heterocycles. The van der Waals surface area contributed by atoms with Crippen molar-refractivity contribution < 1.29 is 19.1 Å². The summed E-state index contributed by atoms with van der Waals surface area (Å²) in [5.74, 6) is -2.05. The van der Waals surface area contributed by atoms with E-state index in [2.05, 4.69) is 10.6 Å². The Morgan fingerprint density at radius 3 is 2.68 bits per heavy atom. The van der Waals surface area contributed by atoms with E-state index < -0.39 is 17.8 Å². The van der Waals surface area contributed by atoms with Gasteiger partial charge in [0.1, 0.15) is 17.6 Å². The Bertz CT molecular complexity index is 515. The van der Waals surface area contributed by atoms with Crippen molar-refractivity contribution in [3.05, 3.63) is 29.6 Å². The summed E-state index contributed by atoms with van der Waals surface area (Å²) in [6.07, 6.45) is 1.91. The Morgan fingerprint density at radius 2 is 2.11 bits per heavy atom. The van der Waals surface area contributed by atoms with Gasteiger partial charge in [-0.25, -0.2) is 4.39 Å². The van der Waals surface area contributed by atoms with Crippen molar-refractivity contribution in [3.63, 3.8) is 0 Å². The molecule has 1 saturated carbocycles. The lowest BCUT2D eigenvalue weighted by Gasteiger charge is -2.14. The molecule has 2 rings (SSSR count). The van der Waals surface area contributed by atoms with E-state index in [0.717, 1.165) is 18.9 Å². The van der Waals surface area contributed by atoms with E-state index in [1.54, 1.807) is 0 Å². The van der Waals surface area contributed by atoms with E-state index in [1.807, 2.05) is 0 Å². The van der Waals surface area contributed by atoms with Crippen molar-refractivity contribution in [2.24, 2.45) is 0 Å². The lowest BCUT2D eigenvalue weighted by Crippen LogP contribution is -2.45. The van der Waals surface area contributed by atoms with E-state index in [0.29, 0.717) is 0 Å². The van der Waals surface area contributed by atoms with E-state index in [9.17, 15) is 14.0 Å². The van der Waals surface area contributed by atoms with E-state index >= 15 is 0 Å². The predicted molar refractivity (Wildman–Crippen MR) is 66.2 cm³/mol. The van der Waals surface area contributed by atoms with Crippen LogP contribution in [0.1, 0.15) is 30.1 Å². The zero-order valence-electron chi connectivity index (χ0n) is 10.4. The van der Waals surface area contributed by atoms with Crippen molar-refractivity contribution in [3.8, 4) is 5.75 Å². The fourth-order valence-corrected chi connectivity index (χ4v) is 1.58. The number of phenolic OH excluding ortho intramolecular Hbond substituents is 1. The normalized spacial score (nSPS) is 15.7. The van der Waals surface area contributed by atoms with Crippen LogP contribution in [0.15, 0.2) is 18.2 Å². The lowest BCUT2D eigenvalue weighted by molar-refractivity contribution is -0.122. The summed E-state index contributed by atoms with van der Waals surface area (Å²) < 4.78 is 13.5. The van der Waals surface area contributed by atoms with Gasteiger partial charge in [0.25, 0.3) is 5.91 Å². The minimum atomic E-state index is -0.827. The summed E-state index contributed by atoms with van der Waals surface area (Å²) in [7, 11) is 0. The van der Waals surface area contributed by atoms with Crippen molar-refractivity contribution in [2.45, 2.75) is 31.8 Å². The minimum Gasteiger partial charge on any atom is -0.508 e. The highest BCUT2D eigenvalue weighted by Crippen LogP contribution is 2.18. The molecule has 19 heavy (non-hydrogen) atoms. The molecule has 1 atom stereocenters. The maximum atomic E-state index is 13.5. The standard InChI is InChI=1S/C13H15FN2O3/c1-7(12(18)16-8-2-3-8)15-13(19)10-5-4-9(17)6-11(10)14/h4-8,17H,2-3H2,1H3,(H,15,19)(H,16,18). The molecule has 2 amide bonds. The van der Waals surface area contributed by atoms with Gasteiger partial charge in [0.15, 0.2) is 0 Å². The molecule has 102 valence electrons. The Hall–Kier alpha value is -2.11. The predicted octanol–water partition coefficient (Wildman–Crippen LogP) is 0.928. The number of hydrogen-bond acceptors (Lipinski definition) is 3. The lowest BCUT2D eigenvalue weighted by atomic mass is 10.1. The summed E-state index contributed by atoms with van der Waals surface area (Å²) in [5.41, 5.74) is -0.205. The van der Waals surface area contributed by atoms with Crippen molar-refractivity contribution in [1.29, 1.82) is 0 Å². The molecular weight excluding hydrogens is 251 g/mol. The average molecular weight is 266 g/mol. The van der Waals surface area contributed by atoms with Crippen LogP contribution in [-0.2, 0) is 4.79 Å². The van der Waals surface area contributed by atoms with E-state index in [4.69, 9.17) is 5.11 Å². The number of aromatic hydroxyl groups is 1. The number of phenols is 1. The van der Waals surface area contributed by atoms with Crippen molar-refractivity contribution in [2.75, 3.05) is 0 Å². The number of carbonyl (C=O) groups is 2. The molecule has 1 unspecified atom stereocenters. The zero-order chi connectivity index (χ0) is 14.0. The Balaban J connectivity index is 1.97. The Kier molecular flexibility index (Phi) is 3.69. The summed E-state index contributed by atoms with van der Waals surface area (Å²) in [4.78, 5) is 23.4. The summed E-state index contributed by atoms with van der Waals surface area (Å²) in [6, 6.07) is 2.71. The molecule has 1 aromatic rings. The molecule has 0 heterocycles. The largest absolute Gasteiger partial charge is 0.508 e. The fraction of sp³-hybridized carbons (Fsp3) is 0.385. The average Bonchev–Trinajstić information content (AvgIpc) is 3.12. The number of benzene rings is 1. The number of amides is 2. The first-order valence-corrected chi connectivity index (χ1v) is 6.07. The number of nitrogens with one attached hydrogen (secondary N) is 2. The van der Waals surface area contributed by atoms with Gasteiger partial charge in [0, 0.05) is 12.1 Å². The molecule has 1 aliphatic carbocycles. The number of rotatable bonds is 4. The Labute approximate surface area is 109 Å². The SMILES string of the molecule is CC(NC(=O)c1ccc(O)cc1F)C(=O)NC1CC1. The van der Waals surface area contributed by atoms with Crippen LogP contribution in [0.5, 0.6) is 5.75 Å². The topological polar surface area (TPSA) is 78.4 Å². The molecular formula is C13H15FN2O3. The zero-order valence-corrected chi connectivity index (χ0v) is 10.4. The van der Waals surface area contributed by atoms with Gasteiger partial charge in [0.2, 0.25) is 5.91 Å². The molecule has 1 fully saturated rings. The number of hydrogen-bond donors (Lipinski definition) is 3. The van der Waals surface area contributed by atoms with Crippen LogP contribution in [0.3, 0.4) is 0 Å². The molecule has 0 bridgehead atoms. The number of carbonyl (C=O) groups excluding carboxylic acids is 2. The van der Waals surface area contributed by atoms with Gasteiger partial charge in [-0.3, -0.25) is 9.59 Å². The van der Waals surface area contributed by atoms with Crippen LogP contribution in [0.4, 0.5) is 4.39 Å². The first-order chi connectivity index (χ1) is 8.97. The number of halogens is 1. The summed E-state index contributed by atoms with van der Waals surface area (Å²) in [6.45, 7) is 1.54.